The number of carbonyl (C=O) groups is 1. The van der Waals surface area contributed by atoms with Crippen molar-refractivity contribution in [3.63, 3.8) is 0 Å². The van der Waals surface area contributed by atoms with E-state index in [4.69, 9.17) is 19.3 Å². The number of ether oxygens (including phenoxy) is 3. The van der Waals surface area contributed by atoms with Crippen LogP contribution in [0.1, 0.15) is 49.2 Å². The molecule has 2 atom stereocenters. The molecule has 0 radical (unpaired) electrons. The number of hydrogen-bond acceptors (Lipinski definition) is 6. The normalized spacial score (nSPS) is 17.7. The molecule has 0 spiro atoms. The van der Waals surface area contributed by atoms with E-state index in [-0.39, 0.29) is 24.7 Å². The number of aromatic amines is 1. The van der Waals surface area contributed by atoms with Crippen LogP contribution < -0.4 is 4.74 Å². The molecular weight excluding hydrogens is 534 g/mol. The SMILES string of the molecule is C[C@@H]1Cc2c([nH]c3ccccc23)[C@@H](c2ncc(OCCCCCOCCOCC(=O)O)cc2F)N1CC(F)(F)F. The largest absolute Gasteiger partial charge is 0.492 e. The van der Waals surface area contributed by atoms with Gasteiger partial charge < -0.3 is 24.3 Å². The molecular formula is C28H33F4N3O5. The van der Waals surface area contributed by atoms with Crippen LogP contribution in [0.3, 0.4) is 0 Å². The highest BCUT2D eigenvalue weighted by atomic mass is 19.4. The first-order chi connectivity index (χ1) is 19.1. The Hall–Kier alpha value is -3.22. The fourth-order valence-corrected chi connectivity index (χ4v) is 5.02. The highest BCUT2D eigenvalue weighted by Gasteiger charge is 2.43. The Morgan fingerprint density at radius 1 is 1.12 bits per heavy atom. The Morgan fingerprint density at radius 2 is 1.88 bits per heavy atom. The average molecular weight is 568 g/mol. The smallest absolute Gasteiger partial charge is 0.401 e. The zero-order valence-corrected chi connectivity index (χ0v) is 22.2. The fourth-order valence-electron chi connectivity index (χ4n) is 5.02. The number of nitrogens with one attached hydrogen (secondary N) is 1. The number of carboxylic acids is 1. The Bertz CT molecular complexity index is 1280. The predicted octanol–water partition coefficient (Wildman–Crippen LogP) is 5.27. The van der Waals surface area contributed by atoms with E-state index in [0.717, 1.165) is 29.3 Å². The standard InChI is InChI=1S/C28H33F4N3O5/c1-18-13-21-20-7-3-4-8-23(20)34-25(21)27(35(18)17-28(30,31)32)26-22(29)14-19(15-33-26)40-10-6-2-5-9-38-11-12-39-16-24(36)37/h3-4,7-8,14-15,18,27,34H,2,5-6,9-13,16-17H2,1H3,(H,36,37)/t18-,27+/m1/s1. The minimum absolute atomic E-state index is 0.0829. The molecule has 1 aliphatic heterocycles. The molecule has 40 heavy (non-hydrogen) atoms. The topological polar surface area (TPSA) is 96.9 Å². The van der Waals surface area contributed by atoms with Gasteiger partial charge in [-0.2, -0.15) is 13.2 Å². The van der Waals surface area contributed by atoms with Gasteiger partial charge in [0.1, 0.15) is 18.2 Å². The van der Waals surface area contributed by atoms with Crippen molar-refractivity contribution < 1.29 is 41.7 Å². The summed E-state index contributed by atoms with van der Waals surface area (Å²) in [7, 11) is 0. The number of H-pyrrole nitrogens is 1. The third-order valence-corrected chi connectivity index (χ3v) is 6.78. The van der Waals surface area contributed by atoms with Gasteiger partial charge >= 0.3 is 12.1 Å². The van der Waals surface area contributed by atoms with Gasteiger partial charge in [0.2, 0.25) is 0 Å². The highest BCUT2D eigenvalue weighted by Crippen LogP contribution is 2.42. The molecule has 218 valence electrons. The number of nitrogens with zero attached hydrogens (tertiary/aromatic N) is 2. The minimum Gasteiger partial charge on any atom is -0.492 e. The fraction of sp³-hybridized carbons (Fsp3) is 0.500. The van der Waals surface area contributed by atoms with Gasteiger partial charge in [0, 0.05) is 35.3 Å². The Balaban J connectivity index is 1.37. The summed E-state index contributed by atoms with van der Waals surface area (Å²) in [6, 6.07) is 7.14. The van der Waals surface area contributed by atoms with Gasteiger partial charge in [-0.05, 0) is 44.2 Å². The lowest BCUT2D eigenvalue weighted by Gasteiger charge is -2.40. The molecule has 1 aliphatic rings. The van der Waals surface area contributed by atoms with Crippen molar-refractivity contribution in [2.75, 3.05) is 39.6 Å². The number of pyridine rings is 1. The molecule has 2 N–H and O–H groups in total. The summed E-state index contributed by atoms with van der Waals surface area (Å²) >= 11 is 0. The summed E-state index contributed by atoms with van der Waals surface area (Å²) in [6.07, 6.45) is -0.478. The molecule has 0 unspecified atom stereocenters. The quantitative estimate of drug-likeness (QED) is 0.202. The summed E-state index contributed by atoms with van der Waals surface area (Å²) in [5.74, 6) is -1.55. The van der Waals surface area contributed by atoms with Crippen LogP contribution in [-0.2, 0) is 20.7 Å². The maximum Gasteiger partial charge on any atom is 0.401 e. The summed E-state index contributed by atoms with van der Waals surface area (Å²) in [6.45, 7) is 1.50. The number of hydrogen-bond donors (Lipinski definition) is 2. The molecule has 0 aliphatic carbocycles. The van der Waals surface area contributed by atoms with Crippen LogP contribution in [0.4, 0.5) is 17.6 Å². The molecule has 1 aromatic carbocycles. The maximum atomic E-state index is 15.4. The lowest BCUT2D eigenvalue weighted by atomic mass is 9.90. The van der Waals surface area contributed by atoms with Crippen molar-refractivity contribution in [2.45, 2.75) is 50.9 Å². The van der Waals surface area contributed by atoms with E-state index < -0.39 is 36.6 Å². The number of para-hydroxylation sites is 1. The van der Waals surface area contributed by atoms with E-state index in [9.17, 15) is 18.0 Å². The van der Waals surface area contributed by atoms with E-state index in [2.05, 4.69) is 9.97 Å². The van der Waals surface area contributed by atoms with Crippen LogP contribution in [0.2, 0.25) is 0 Å². The van der Waals surface area contributed by atoms with Gasteiger partial charge in [0.05, 0.1) is 44.3 Å². The first-order valence-electron chi connectivity index (χ1n) is 13.2. The summed E-state index contributed by atoms with van der Waals surface area (Å²) in [5.41, 5.74) is 2.11. The van der Waals surface area contributed by atoms with Crippen molar-refractivity contribution in [2.24, 2.45) is 0 Å². The van der Waals surface area contributed by atoms with Gasteiger partial charge in [-0.1, -0.05) is 18.2 Å². The zero-order chi connectivity index (χ0) is 28.7. The number of aromatic nitrogens is 2. The van der Waals surface area contributed by atoms with Crippen LogP contribution in [-0.4, -0.2) is 77.7 Å². The van der Waals surface area contributed by atoms with Crippen LogP contribution in [0.5, 0.6) is 5.75 Å². The molecule has 0 saturated carbocycles. The highest BCUT2D eigenvalue weighted by molar-refractivity contribution is 5.85. The summed E-state index contributed by atoms with van der Waals surface area (Å²) in [5, 5.41) is 9.40. The van der Waals surface area contributed by atoms with Gasteiger partial charge in [0.25, 0.3) is 0 Å². The minimum atomic E-state index is -4.46. The third kappa shape index (κ3) is 7.70. The summed E-state index contributed by atoms with van der Waals surface area (Å²) < 4.78 is 72.0. The van der Waals surface area contributed by atoms with Crippen molar-refractivity contribution >= 4 is 16.9 Å². The Morgan fingerprint density at radius 3 is 2.62 bits per heavy atom. The molecule has 3 aromatic rings. The number of unbranched alkanes of at least 4 members (excludes halogenated alkanes) is 2. The lowest BCUT2D eigenvalue weighted by molar-refractivity contribution is -0.155. The van der Waals surface area contributed by atoms with E-state index in [0.29, 0.717) is 38.4 Å². The Labute approximate surface area is 229 Å². The molecule has 0 amide bonds. The van der Waals surface area contributed by atoms with Gasteiger partial charge in [-0.15, -0.1) is 0 Å². The van der Waals surface area contributed by atoms with E-state index >= 15 is 4.39 Å². The van der Waals surface area contributed by atoms with Gasteiger partial charge in [-0.25, -0.2) is 9.18 Å². The number of rotatable bonds is 14. The Kier molecular flexibility index (Phi) is 9.99. The second-order valence-electron chi connectivity index (χ2n) is 9.81. The number of alkyl halides is 3. The number of benzene rings is 1. The zero-order valence-electron chi connectivity index (χ0n) is 22.2. The maximum absolute atomic E-state index is 15.4. The van der Waals surface area contributed by atoms with Crippen LogP contribution >= 0.6 is 0 Å². The summed E-state index contributed by atoms with van der Waals surface area (Å²) in [4.78, 5) is 19.1. The van der Waals surface area contributed by atoms with Crippen molar-refractivity contribution in [3.8, 4) is 5.75 Å². The number of halogens is 4. The van der Waals surface area contributed by atoms with Crippen LogP contribution in [0.25, 0.3) is 10.9 Å². The molecule has 0 saturated heterocycles. The molecule has 0 fully saturated rings. The van der Waals surface area contributed by atoms with Crippen molar-refractivity contribution in [1.29, 1.82) is 0 Å². The second kappa shape index (κ2) is 13.4. The van der Waals surface area contributed by atoms with Gasteiger partial charge in [-0.3, -0.25) is 9.88 Å². The first-order valence-corrected chi connectivity index (χ1v) is 13.2. The third-order valence-electron chi connectivity index (χ3n) is 6.78. The second-order valence-corrected chi connectivity index (χ2v) is 9.81. The van der Waals surface area contributed by atoms with Gasteiger partial charge in [0.15, 0.2) is 0 Å². The van der Waals surface area contributed by atoms with E-state index in [1.807, 2.05) is 24.3 Å². The molecule has 0 bridgehead atoms. The molecule has 3 heterocycles. The van der Waals surface area contributed by atoms with Crippen LogP contribution in [0.15, 0.2) is 36.5 Å². The monoisotopic (exact) mass is 567 g/mol. The number of fused-ring (bicyclic) bond motifs is 3. The van der Waals surface area contributed by atoms with Crippen LogP contribution in [0, 0.1) is 5.82 Å². The van der Waals surface area contributed by atoms with Crippen molar-refractivity contribution in [1.82, 2.24) is 14.9 Å². The first kappa shape index (κ1) is 29.8. The molecule has 8 nitrogen and oxygen atoms in total. The number of carboxylic acid groups (broad SMARTS) is 1. The molecule has 12 heteroatoms. The average Bonchev–Trinajstić information content (AvgIpc) is 3.25. The predicted molar refractivity (Wildman–Crippen MR) is 139 cm³/mol. The number of aliphatic carboxylic acids is 1. The lowest BCUT2D eigenvalue weighted by Crippen LogP contribution is -2.47. The van der Waals surface area contributed by atoms with Crippen molar-refractivity contribution in [3.05, 3.63) is 59.3 Å². The molecule has 2 aromatic heterocycles. The molecule has 4 rings (SSSR count). The van der Waals surface area contributed by atoms with E-state index in [1.54, 1.807) is 6.92 Å². The van der Waals surface area contributed by atoms with E-state index in [1.165, 1.54) is 17.2 Å².